The van der Waals surface area contributed by atoms with E-state index in [1.54, 1.807) is 6.92 Å². The molecule has 0 saturated carbocycles. The van der Waals surface area contributed by atoms with Crippen LogP contribution >= 0.6 is 12.8 Å². The Labute approximate surface area is 67.6 Å². The van der Waals surface area contributed by atoms with Gasteiger partial charge in [0.25, 0.3) is 0 Å². The second-order valence-electron chi connectivity index (χ2n) is 1.40. The van der Waals surface area contributed by atoms with Gasteiger partial charge in [-0.05, 0) is 6.92 Å². The lowest BCUT2D eigenvalue weighted by Crippen LogP contribution is -2.34. The van der Waals surface area contributed by atoms with Crippen molar-refractivity contribution < 1.29 is 0 Å². The molecule has 0 aliphatic carbocycles. The van der Waals surface area contributed by atoms with Gasteiger partial charge in [0.15, 0.2) is 0 Å². The first kappa shape index (κ1) is 12.3. The van der Waals surface area contributed by atoms with E-state index in [2.05, 4.69) is 22.6 Å². The Morgan fingerprint density at radius 3 is 2.10 bits per heavy atom. The van der Waals surface area contributed by atoms with Crippen LogP contribution in [0.5, 0.6) is 0 Å². The van der Waals surface area contributed by atoms with Crippen LogP contribution in [-0.4, -0.2) is 11.9 Å². The van der Waals surface area contributed by atoms with E-state index in [9.17, 15) is 0 Å². The van der Waals surface area contributed by atoms with Gasteiger partial charge in [-0.1, -0.05) is 26.7 Å². The fourth-order valence-electron chi connectivity index (χ4n) is 0.178. The van der Waals surface area contributed by atoms with Gasteiger partial charge in [0.05, 0.1) is 6.04 Å². The summed E-state index contributed by atoms with van der Waals surface area (Å²) in [5.74, 6) is 5.18. The molecule has 0 radical (unpaired) electrons. The lowest BCUT2D eigenvalue weighted by atomic mass is 10.3. The molecule has 5 heteroatoms. The minimum atomic E-state index is -0.0664. The lowest BCUT2D eigenvalue weighted by molar-refractivity contribution is 0.882. The Bertz CT molecular complexity index is 93.6. The first-order chi connectivity index (χ1) is 4.72. The molecule has 0 aromatic heterocycles. The van der Waals surface area contributed by atoms with E-state index < -0.39 is 0 Å². The third kappa shape index (κ3) is 5.71. The van der Waals surface area contributed by atoms with Gasteiger partial charge in [0, 0.05) is 0 Å². The van der Waals surface area contributed by atoms with E-state index in [-0.39, 0.29) is 6.04 Å². The van der Waals surface area contributed by atoms with E-state index in [4.69, 9.17) is 11.6 Å². The second kappa shape index (κ2) is 8.58. The molecule has 0 spiro atoms. The van der Waals surface area contributed by atoms with Gasteiger partial charge in [-0.25, -0.2) is 0 Å². The van der Waals surface area contributed by atoms with Crippen LogP contribution in [-0.2, 0) is 0 Å². The summed E-state index contributed by atoms with van der Waals surface area (Å²) in [4.78, 5) is 0. The molecule has 0 rings (SSSR count). The smallest absolute Gasteiger partial charge is 0.137 e. The van der Waals surface area contributed by atoms with Crippen LogP contribution in [0.15, 0.2) is 5.10 Å². The number of nitrogens with two attached hydrogens (primary N) is 2. The summed E-state index contributed by atoms with van der Waals surface area (Å²) in [5.41, 5.74) is 5.24. The van der Waals surface area contributed by atoms with Crippen molar-refractivity contribution in [1.82, 2.24) is 4.72 Å². The molecule has 62 valence electrons. The predicted molar refractivity (Wildman–Crippen MR) is 48.7 cm³/mol. The highest BCUT2D eigenvalue weighted by Gasteiger charge is 2.00. The molecule has 4 nitrogen and oxygen atoms in total. The highest BCUT2D eigenvalue weighted by atomic mass is 32.1. The second-order valence-corrected chi connectivity index (χ2v) is 1.66. The highest BCUT2D eigenvalue weighted by Crippen LogP contribution is 1.79. The fourth-order valence-corrected chi connectivity index (χ4v) is 0.310. The molecule has 0 aliphatic heterocycles. The molecular weight excluding hydrogens is 148 g/mol. The number of hydrogen-bond donors (Lipinski definition) is 4. The van der Waals surface area contributed by atoms with Crippen molar-refractivity contribution in [2.24, 2.45) is 16.7 Å². The van der Waals surface area contributed by atoms with Crippen molar-refractivity contribution in [3.05, 3.63) is 0 Å². The SMILES string of the molecule is CC.CC(NS)/C(N)=N/N. The van der Waals surface area contributed by atoms with Crippen molar-refractivity contribution >= 4 is 18.7 Å². The molecule has 5 N–H and O–H groups in total. The number of nitrogens with zero attached hydrogens (tertiary/aromatic N) is 1. The number of amidine groups is 1. The summed E-state index contributed by atoms with van der Waals surface area (Å²) in [7, 11) is 0. The summed E-state index contributed by atoms with van der Waals surface area (Å²) < 4.78 is 2.57. The van der Waals surface area contributed by atoms with E-state index in [1.807, 2.05) is 13.8 Å². The van der Waals surface area contributed by atoms with Crippen LogP contribution in [0.25, 0.3) is 0 Å². The highest BCUT2D eigenvalue weighted by molar-refractivity contribution is 7.78. The number of thiol groups is 1. The Kier molecular flexibility index (Phi) is 10.5. The molecule has 0 heterocycles. The van der Waals surface area contributed by atoms with E-state index in [1.165, 1.54) is 0 Å². The summed E-state index contributed by atoms with van der Waals surface area (Å²) in [5, 5.41) is 3.24. The van der Waals surface area contributed by atoms with Crippen molar-refractivity contribution in [1.29, 1.82) is 0 Å². The summed E-state index contributed by atoms with van der Waals surface area (Å²) in [6, 6.07) is -0.0664. The monoisotopic (exact) mass is 164 g/mol. The number of rotatable bonds is 2. The van der Waals surface area contributed by atoms with E-state index in [0.29, 0.717) is 5.84 Å². The van der Waals surface area contributed by atoms with Gasteiger partial charge >= 0.3 is 0 Å². The Balaban J connectivity index is 0. The third-order valence-corrected chi connectivity index (χ3v) is 1.17. The summed E-state index contributed by atoms with van der Waals surface area (Å²) >= 11 is 3.74. The molecule has 0 bridgehead atoms. The van der Waals surface area contributed by atoms with Crippen LogP contribution in [0.1, 0.15) is 20.8 Å². The molecule has 0 amide bonds. The average molecular weight is 164 g/mol. The molecule has 1 unspecified atom stereocenters. The van der Waals surface area contributed by atoms with Gasteiger partial charge in [0.2, 0.25) is 0 Å². The van der Waals surface area contributed by atoms with Crippen molar-refractivity contribution in [2.75, 3.05) is 0 Å². The van der Waals surface area contributed by atoms with Gasteiger partial charge < -0.3 is 11.6 Å². The van der Waals surface area contributed by atoms with Crippen LogP contribution in [0.4, 0.5) is 0 Å². The minimum absolute atomic E-state index is 0.0664. The molecule has 0 saturated heterocycles. The maximum absolute atomic E-state index is 5.24. The summed E-state index contributed by atoms with van der Waals surface area (Å²) in [6.45, 7) is 5.80. The Morgan fingerprint density at radius 2 is 2.00 bits per heavy atom. The summed E-state index contributed by atoms with van der Waals surface area (Å²) in [6.07, 6.45) is 0. The van der Waals surface area contributed by atoms with Crippen LogP contribution in [0.3, 0.4) is 0 Å². The molecule has 0 fully saturated rings. The standard InChI is InChI=1S/C3H10N4S.C2H6/c1-2(7-8)3(4)6-5;1-2/h2,7-8H,5H2,1H3,(H2,4,6);1-2H3. The van der Waals surface area contributed by atoms with Crippen LogP contribution in [0, 0.1) is 0 Å². The molecular formula is C5H16N4S. The zero-order valence-corrected chi connectivity index (χ0v) is 7.52. The van der Waals surface area contributed by atoms with Gasteiger partial charge in [0.1, 0.15) is 5.84 Å². The topological polar surface area (TPSA) is 76.4 Å². The van der Waals surface area contributed by atoms with Crippen molar-refractivity contribution in [3.8, 4) is 0 Å². The van der Waals surface area contributed by atoms with E-state index in [0.717, 1.165) is 0 Å². The van der Waals surface area contributed by atoms with Crippen molar-refractivity contribution in [2.45, 2.75) is 26.8 Å². The zero-order valence-electron chi connectivity index (χ0n) is 6.63. The van der Waals surface area contributed by atoms with Crippen LogP contribution in [0.2, 0.25) is 0 Å². The molecule has 0 aliphatic rings. The van der Waals surface area contributed by atoms with Gasteiger partial charge in [-0.15, -0.1) is 0 Å². The number of hydrogen-bond acceptors (Lipinski definition) is 4. The zero-order chi connectivity index (χ0) is 8.57. The molecule has 10 heavy (non-hydrogen) atoms. The molecule has 1 atom stereocenters. The normalized spacial score (nSPS) is 13.4. The quantitative estimate of drug-likeness (QED) is 0.153. The van der Waals surface area contributed by atoms with Crippen molar-refractivity contribution in [3.63, 3.8) is 0 Å². The fraction of sp³-hybridized carbons (Fsp3) is 0.800. The minimum Gasteiger partial charge on any atom is -0.384 e. The third-order valence-electron chi connectivity index (χ3n) is 0.786. The first-order valence-electron chi connectivity index (χ1n) is 3.15. The first-order valence-corrected chi connectivity index (χ1v) is 3.60. The largest absolute Gasteiger partial charge is 0.384 e. The molecule has 0 aromatic carbocycles. The van der Waals surface area contributed by atoms with Crippen LogP contribution < -0.4 is 16.3 Å². The molecule has 0 aromatic rings. The predicted octanol–water partition coefficient (Wildman–Crippen LogP) is 0.0664. The average Bonchev–Trinajstić information content (AvgIpc) is 2.05. The number of nitrogens with one attached hydrogen (secondary N) is 1. The maximum atomic E-state index is 5.24. The number of hydrazone groups is 1. The maximum Gasteiger partial charge on any atom is 0.137 e. The van der Waals surface area contributed by atoms with Gasteiger partial charge in [-0.3, -0.25) is 4.72 Å². The lowest BCUT2D eigenvalue weighted by Gasteiger charge is -2.04. The van der Waals surface area contributed by atoms with Gasteiger partial charge in [-0.2, -0.15) is 5.10 Å². The Hall–Kier alpha value is -0.420. The Morgan fingerprint density at radius 1 is 1.60 bits per heavy atom. The van der Waals surface area contributed by atoms with E-state index >= 15 is 0 Å².